The lowest BCUT2D eigenvalue weighted by Crippen LogP contribution is -2.43. The van der Waals surface area contributed by atoms with Gasteiger partial charge in [-0.15, -0.1) is 5.10 Å². The highest BCUT2D eigenvalue weighted by Gasteiger charge is 2.44. The lowest BCUT2D eigenvalue weighted by atomic mass is 9.73. The molecule has 158 valence electrons. The molecular formula is C22H24N8O. The third kappa shape index (κ3) is 3.74. The summed E-state index contributed by atoms with van der Waals surface area (Å²) in [7, 11) is 0. The Morgan fingerprint density at radius 1 is 1.26 bits per heavy atom. The first-order valence-corrected chi connectivity index (χ1v) is 10.1. The molecule has 0 spiro atoms. The lowest BCUT2D eigenvalue weighted by molar-refractivity contribution is -0.114. The van der Waals surface area contributed by atoms with E-state index in [1.165, 1.54) is 0 Å². The third-order valence-corrected chi connectivity index (χ3v) is 5.75. The predicted molar refractivity (Wildman–Crippen MR) is 114 cm³/mol. The second-order valence-corrected chi connectivity index (χ2v) is 7.73. The number of carbonyl (C=O) groups is 1. The SMILES string of the molecule is CCc1nnnn1C1(C(C)c2cnccn2)C=C(c2ccc(C)cn2)C=C(C(N)=O)C1. The van der Waals surface area contributed by atoms with Crippen molar-refractivity contribution in [3.63, 3.8) is 0 Å². The molecule has 1 aliphatic rings. The zero-order valence-corrected chi connectivity index (χ0v) is 17.7. The number of primary amides is 1. The van der Waals surface area contributed by atoms with Crippen LogP contribution in [-0.4, -0.2) is 41.1 Å². The Hall–Kier alpha value is -3.75. The average molecular weight is 416 g/mol. The number of rotatable bonds is 6. The molecular weight excluding hydrogens is 392 g/mol. The summed E-state index contributed by atoms with van der Waals surface area (Å²) in [6.45, 7) is 6.00. The largest absolute Gasteiger partial charge is 0.366 e. The van der Waals surface area contributed by atoms with Gasteiger partial charge >= 0.3 is 0 Å². The molecule has 2 unspecified atom stereocenters. The highest BCUT2D eigenvalue weighted by molar-refractivity contribution is 5.96. The van der Waals surface area contributed by atoms with Crippen LogP contribution in [0.3, 0.4) is 0 Å². The van der Waals surface area contributed by atoms with E-state index in [2.05, 4.69) is 36.6 Å². The molecule has 0 saturated heterocycles. The zero-order chi connectivity index (χ0) is 22.0. The number of pyridine rings is 1. The van der Waals surface area contributed by atoms with Crippen molar-refractivity contribution < 1.29 is 4.79 Å². The number of hydrogen-bond donors (Lipinski definition) is 1. The molecule has 3 aromatic rings. The van der Waals surface area contributed by atoms with Crippen LogP contribution in [0, 0.1) is 6.92 Å². The fourth-order valence-electron chi connectivity index (χ4n) is 3.99. The first-order chi connectivity index (χ1) is 14.9. The molecule has 1 aliphatic carbocycles. The molecule has 0 aromatic carbocycles. The van der Waals surface area contributed by atoms with Gasteiger partial charge in [0, 0.05) is 49.1 Å². The van der Waals surface area contributed by atoms with Gasteiger partial charge in [0.15, 0.2) is 5.82 Å². The second kappa shape index (κ2) is 8.17. The molecule has 2 atom stereocenters. The summed E-state index contributed by atoms with van der Waals surface area (Å²) in [6, 6.07) is 3.91. The average Bonchev–Trinajstić information content (AvgIpc) is 3.29. The molecule has 2 N–H and O–H groups in total. The maximum Gasteiger partial charge on any atom is 0.244 e. The van der Waals surface area contributed by atoms with E-state index in [-0.39, 0.29) is 5.92 Å². The van der Waals surface area contributed by atoms with Crippen molar-refractivity contribution in [3.8, 4) is 0 Å². The Balaban J connectivity index is 1.97. The quantitative estimate of drug-likeness (QED) is 0.652. The summed E-state index contributed by atoms with van der Waals surface area (Å²) >= 11 is 0. The first-order valence-electron chi connectivity index (χ1n) is 10.1. The Morgan fingerprint density at radius 3 is 2.74 bits per heavy atom. The van der Waals surface area contributed by atoms with Crippen molar-refractivity contribution in [3.05, 3.63) is 77.4 Å². The lowest BCUT2D eigenvalue weighted by Gasteiger charge is -2.39. The number of tetrazole rings is 1. The van der Waals surface area contributed by atoms with E-state index >= 15 is 0 Å². The normalized spacial score (nSPS) is 19.5. The summed E-state index contributed by atoms with van der Waals surface area (Å²) < 4.78 is 1.79. The monoisotopic (exact) mass is 416 g/mol. The molecule has 0 fully saturated rings. The van der Waals surface area contributed by atoms with Crippen molar-refractivity contribution in [1.82, 2.24) is 35.2 Å². The highest BCUT2D eigenvalue weighted by Crippen LogP contribution is 2.45. The molecule has 0 saturated carbocycles. The fourth-order valence-corrected chi connectivity index (χ4v) is 3.99. The number of carbonyl (C=O) groups excluding carboxylic acids is 1. The van der Waals surface area contributed by atoms with Gasteiger partial charge in [-0.2, -0.15) is 0 Å². The topological polar surface area (TPSA) is 125 Å². The number of nitrogens with zero attached hydrogens (tertiary/aromatic N) is 7. The van der Waals surface area contributed by atoms with E-state index in [1.54, 1.807) is 35.5 Å². The van der Waals surface area contributed by atoms with Crippen LogP contribution in [0.5, 0.6) is 0 Å². The minimum Gasteiger partial charge on any atom is -0.366 e. The number of aromatic nitrogens is 7. The van der Waals surface area contributed by atoms with Gasteiger partial charge in [-0.05, 0) is 46.7 Å². The minimum atomic E-state index is -0.814. The van der Waals surface area contributed by atoms with Crippen LogP contribution >= 0.6 is 0 Å². The van der Waals surface area contributed by atoms with Gasteiger partial charge in [0.25, 0.3) is 0 Å². The molecule has 3 heterocycles. The van der Waals surface area contributed by atoms with Gasteiger partial charge in [-0.1, -0.05) is 19.9 Å². The van der Waals surface area contributed by atoms with Crippen LogP contribution in [0.15, 0.2) is 54.6 Å². The maximum absolute atomic E-state index is 12.4. The highest BCUT2D eigenvalue weighted by atomic mass is 16.1. The second-order valence-electron chi connectivity index (χ2n) is 7.73. The van der Waals surface area contributed by atoms with Crippen molar-refractivity contribution in [1.29, 1.82) is 0 Å². The molecule has 31 heavy (non-hydrogen) atoms. The van der Waals surface area contributed by atoms with Crippen LogP contribution in [-0.2, 0) is 16.8 Å². The van der Waals surface area contributed by atoms with Crippen LogP contribution in [0.4, 0.5) is 0 Å². The molecule has 3 aromatic heterocycles. The van der Waals surface area contributed by atoms with Gasteiger partial charge in [-0.25, -0.2) is 4.68 Å². The Bertz CT molecular complexity index is 1150. The molecule has 9 nitrogen and oxygen atoms in total. The number of nitrogens with two attached hydrogens (primary N) is 1. The van der Waals surface area contributed by atoms with E-state index in [0.29, 0.717) is 24.2 Å². The van der Waals surface area contributed by atoms with Gasteiger partial charge in [0.05, 0.1) is 16.9 Å². The Labute approximate surface area is 180 Å². The van der Waals surface area contributed by atoms with Gasteiger partial charge < -0.3 is 5.73 Å². The van der Waals surface area contributed by atoms with Gasteiger partial charge in [0.1, 0.15) is 0 Å². The summed E-state index contributed by atoms with van der Waals surface area (Å²) in [6.07, 6.45) is 11.6. The Kier molecular flexibility index (Phi) is 5.41. The fraction of sp³-hybridized carbons (Fsp3) is 0.318. The van der Waals surface area contributed by atoms with Crippen LogP contribution in [0.1, 0.15) is 49.0 Å². The standard InChI is InChI=1S/C22H24N8O/c1-4-20-27-28-29-30(20)22(15(3)19-13-24-7-8-25-19)10-16(9-17(11-22)21(23)31)18-6-5-14(2)12-26-18/h5-10,12-13,15H,4,11H2,1-3H3,(H2,23,31). The summed E-state index contributed by atoms with van der Waals surface area (Å²) in [4.78, 5) is 25.7. The summed E-state index contributed by atoms with van der Waals surface area (Å²) in [5, 5.41) is 12.4. The summed E-state index contributed by atoms with van der Waals surface area (Å²) in [5.41, 5.74) is 8.78. The first kappa shape index (κ1) is 20.5. The van der Waals surface area contributed by atoms with Crippen LogP contribution in [0.25, 0.3) is 5.57 Å². The smallest absolute Gasteiger partial charge is 0.244 e. The summed E-state index contributed by atoms with van der Waals surface area (Å²) in [5.74, 6) is 0.00646. The van der Waals surface area contributed by atoms with Crippen molar-refractivity contribution in [2.45, 2.75) is 45.1 Å². The van der Waals surface area contributed by atoms with E-state index in [1.807, 2.05) is 32.9 Å². The minimum absolute atomic E-state index is 0.210. The van der Waals surface area contributed by atoms with Crippen LogP contribution in [0.2, 0.25) is 0 Å². The molecule has 0 radical (unpaired) electrons. The van der Waals surface area contributed by atoms with Crippen LogP contribution < -0.4 is 5.73 Å². The number of allylic oxidation sites excluding steroid dienone is 3. The van der Waals surface area contributed by atoms with E-state index < -0.39 is 11.4 Å². The molecule has 4 rings (SSSR count). The maximum atomic E-state index is 12.4. The van der Waals surface area contributed by atoms with Gasteiger partial charge in [0.2, 0.25) is 5.91 Å². The molecule has 9 heteroatoms. The molecule has 0 aliphatic heterocycles. The zero-order valence-electron chi connectivity index (χ0n) is 17.7. The van der Waals surface area contributed by atoms with Crippen molar-refractivity contribution in [2.24, 2.45) is 5.73 Å². The number of hydrogen-bond acceptors (Lipinski definition) is 7. The van der Waals surface area contributed by atoms with Crippen molar-refractivity contribution in [2.75, 3.05) is 0 Å². The molecule has 0 bridgehead atoms. The third-order valence-electron chi connectivity index (χ3n) is 5.75. The number of aryl methyl sites for hydroxylation is 2. The van der Waals surface area contributed by atoms with E-state index in [9.17, 15) is 4.79 Å². The van der Waals surface area contributed by atoms with E-state index in [0.717, 1.165) is 22.5 Å². The number of amides is 1. The predicted octanol–water partition coefficient (Wildman–Crippen LogP) is 2.13. The van der Waals surface area contributed by atoms with Crippen molar-refractivity contribution >= 4 is 11.5 Å². The molecule has 1 amide bonds. The Morgan fingerprint density at radius 2 is 2.10 bits per heavy atom. The van der Waals surface area contributed by atoms with Gasteiger partial charge in [-0.3, -0.25) is 19.7 Å². The van der Waals surface area contributed by atoms with E-state index in [4.69, 9.17) is 5.73 Å².